The van der Waals surface area contributed by atoms with Crippen LogP contribution in [-0.2, 0) is 10.2 Å². The molecule has 0 saturated carbocycles. The fourth-order valence-electron chi connectivity index (χ4n) is 7.21. The lowest BCUT2D eigenvalue weighted by molar-refractivity contribution is 0.0593. The van der Waals surface area contributed by atoms with Crippen LogP contribution < -0.4 is 9.80 Å². The van der Waals surface area contributed by atoms with Gasteiger partial charge in [0.1, 0.15) is 11.6 Å². The van der Waals surface area contributed by atoms with Crippen LogP contribution in [0.2, 0.25) is 0 Å². The van der Waals surface area contributed by atoms with Crippen LogP contribution in [0.4, 0.5) is 15.9 Å². The number of amides is 1. The second kappa shape index (κ2) is 10.6. The largest absolute Gasteiger partial charge is 0.464 e. The number of halogens is 1. The van der Waals surface area contributed by atoms with Gasteiger partial charge in [-0.15, -0.1) is 5.10 Å². The number of hydrogen-bond acceptors (Lipinski definition) is 8. The van der Waals surface area contributed by atoms with Crippen molar-refractivity contribution in [2.24, 2.45) is 5.41 Å². The molecular weight excluding hydrogens is 561 g/mol. The number of fused-ring (bicyclic) bond motifs is 1. The molecule has 228 valence electrons. The Morgan fingerprint density at radius 2 is 1.73 bits per heavy atom. The zero-order chi connectivity index (χ0) is 30.6. The Labute approximate surface area is 255 Å². The third kappa shape index (κ3) is 4.93. The van der Waals surface area contributed by atoms with Crippen molar-refractivity contribution in [2.75, 3.05) is 56.2 Å². The number of esters is 1. The minimum atomic E-state index is -0.455. The van der Waals surface area contributed by atoms with E-state index >= 15 is 0 Å². The molecule has 11 heteroatoms. The third-order valence-corrected chi connectivity index (χ3v) is 9.77. The van der Waals surface area contributed by atoms with Crippen molar-refractivity contribution in [1.29, 1.82) is 0 Å². The van der Waals surface area contributed by atoms with Crippen molar-refractivity contribution in [3.05, 3.63) is 83.2 Å². The van der Waals surface area contributed by atoms with Crippen molar-refractivity contribution in [2.45, 2.75) is 38.5 Å². The van der Waals surface area contributed by atoms with Crippen molar-refractivity contribution in [1.82, 2.24) is 24.5 Å². The monoisotopic (exact) mass is 597 g/mol. The summed E-state index contributed by atoms with van der Waals surface area (Å²) in [6.07, 6.45) is 4.68. The maximum atomic E-state index is 14.0. The molecule has 1 aromatic carbocycles. The quantitative estimate of drug-likeness (QED) is 0.315. The van der Waals surface area contributed by atoms with Gasteiger partial charge in [0.2, 0.25) is 5.82 Å². The Morgan fingerprint density at radius 3 is 2.55 bits per heavy atom. The number of carbonyl (C=O) groups excluding carboxylic acids is 2. The number of likely N-dealkylation sites (tertiary alicyclic amines) is 1. The lowest BCUT2D eigenvalue weighted by Crippen LogP contribution is -2.34. The first-order valence-electron chi connectivity index (χ1n) is 15.1. The number of rotatable bonds is 5. The molecule has 44 heavy (non-hydrogen) atoms. The van der Waals surface area contributed by atoms with E-state index in [0.29, 0.717) is 18.7 Å². The zero-order valence-corrected chi connectivity index (χ0v) is 25.3. The summed E-state index contributed by atoms with van der Waals surface area (Å²) in [4.78, 5) is 41.1. The Kier molecular flexibility index (Phi) is 6.78. The Hall–Kier alpha value is -4.54. The number of nitrogens with zero attached hydrogens (tertiary/aromatic N) is 7. The molecule has 0 bridgehead atoms. The predicted octanol–water partition coefficient (Wildman–Crippen LogP) is 4.27. The van der Waals surface area contributed by atoms with E-state index in [1.165, 1.54) is 13.2 Å². The lowest BCUT2D eigenvalue weighted by atomic mass is 9.82. The maximum absolute atomic E-state index is 14.0. The molecule has 3 saturated heterocycles. The predicted molar refractivity (Wildman–Crippen MR) is 164 cm³/mol. The number of hydrogen-bond donors (Lipinski definition) is 0. The number of anilines is 2. The van der Waals surface area contributed by atoms with Gasteiger partial charge in [-0.3, -0.25) is 4.79 Å². The van der Waals surface area contributed by atoms with Crippen LogP contribution >= 0.6 is 0 Å². The van der Waals surface area contributed by atoms with Crippen LogP contribution in [0.1, 0.15) is 58.4 Å². The SMILES string of the molecule is COC(=O)c1cccc(N2CC[C@@]3(CCN(C(=O)c4nc5c(C)cc(N6CC[C@@](C)(c7cccc(F)c7)C6)cn5n4)C3)C2)n1. The molecule has 10 nitrogen and oxygen atoms in total. The van der Waals surface area contributed by atoms with E-state index in [0.717, 1.165) is 68.1 Å². The summed E-state index contributed by atoms with van der Waals surface area (Å²) in [7, 11) is 1.35. The number of carbonyl (C=O) groups is 2. The van der Waals surface area contributed by atoms with E-state index in [2.05, 4.69) is 37.9 Å². The van der Waals surface area contributed by atoms with Crippen molar-refractivity contribution in [3.63, 3.8) is 0 Å². The summed E-state index contributed by atoms with van der Waals surface area (Å²) in [5.74, 6) is 0.128. The van der Waals surface area contributed by atoms with Gasteiger partial charge in [0.05, 0.1) is 19.0 Å². The highest BCUT2D eigenvalue weighted by atomic mass is 19.1. The number of aromatic nitrogens is 4. The molecule has 2 atom stereocenters. The van der Waals surface area contributed by atoms with E-state index in [1.54, 1.807) is 22.7 Å². The van der Waals surface area contributed by atoms with Gasteiger partial charge in [-0.05, 0) is 67.6 Å². The molecule has 0 unspecified atom stereocenters. The van der Waals surface area contributed by atoms with E-state index in [4.69, 9.17) is 4.74 Å². The first-order chi connectivity index (χ1) is 21.1. The first-order valence-corrected chi connectivity index (χ1v) is 15.1. The Bertz CT molecular complexity index is 1780. The van der Waals surface area contributed by atoms with Crippen LogP contribution in [-0.4, -0.2) is 82.7 Å². The zero-order valence-electron chi connectivity index (χ0n) is 25.3. The molecular formula is C33H36FN7O3. The van der Waals surface area contributed by atoms with Crippen LogP contribution in [0.25, 0.3) is 5.65 Å². The van der Waals surface area contributed by atoms with E-state index < -0.39 is 5.97 Å². The molecule has 6 heterocycles. The highest BCUT2D eigenvalue weighted by Gasteiger charge is 2.46. The molecule has 7 rings (SSSR count). The Morgan fingerprint density at radius 1 is 0.932 bits per heavy atom. The molecule has 3 fully saturated rings. The van der Waals surface area contributed by atoms with Gasteiger partial charge in [0.15, 0.2) is 11.3 Å². The second-order valence-electron chi connectivity index (χ2n) is 12.8. The molecule has 3 aliphatic heterocycles. The van der Waals surface area contributed by atoms with Crippen LogP contribution in [0.3, 0.4) is 0 Å². The lowest BCUT2D eigenvalue weighted by Gasteiger charge is -2.26. The van der Waals surface area contributed by atoms with Crippen LogP contribution in [0.5, 0.6) is 0 Å². The van der Waals surface area contributed by atoms with Gasteiger partial charge in [-0.25, -0.2) is 23.7 Å². The van der Waals surface area contributed by atoms with E-state index in [-0.39, 0.29) is 34.1 Å². The van der Waals surface area contributed by atoms with E-state index in [1.807, 2.05) is 36.2 Å². The third-order valence-electron chi connectivity index (χ3n) is 9.77. The van der Waals surface area contributed by atoms with Crippen molar-refractivity contribution >= 4 is 29.0 Å². The van der Waals surface area contributed by atoms with Gasteiger partial charge < -0.3 is 19.4 Å². The standard InChI is InChI=1S/C33H36FN7O3/c1-22-16-25(38-13-10-32(2,19-38)23-6-4-7-24(34)17-23)18-41-29(22)36-28(37-41)30(42)40-15-12-33(21-40)11-14-39(20-33)27-9-5-8-26(35-27)31(43)44-3/h4-9,16-18H,10-15,19-21H2,1-3H3/t32-,33-/m1/s1. The summed E-state index contributed by atoms with van der Waals surface area (Å²) < 4.78 is 20.5. The van der Waals surface area contributed by atoms with Crippen molar-refractivity contribution < 1.29 is 18.7 Å². The van der Waals surface area contributed by atoms with Crippen molar-refractivity contribution in [3.8, 4) is 0 Å². The second-order valence-corrected chi connectivity index (χ2v) is 12.8. The normalized spacial score (nSPS) is 23.3. The Balaban J connectivity index is 1.05. The van der Waals surface area contributed by atoms with Gasteiger partial charge in [-0.1, -0.05) is 25.1 Å². The molecule has 0 aliphatic carbocycles. The van der Waals surface area contributed by atoms with Gasteiger partial charge in [0.25, 0.3) is 5.91 Å². The van der Waals surface area contributed by atoms with Gasteiger partial charge in [-0.2, -0.15) is 0 Å². The molecule has 1 spiro atoms. The minimum Gasteiger partial charge on any atom is -0.464 e. The number of pyridine rings is 2. The maximum Gasteiger partial charge on any atom is 0.356 e. The highest BCUT2D eigenvalue weighted by molar-refractivity contribution is 5.91. The minimum absolute atomic E-state index is 0.0368. The molecule has 4 aromatic rings. The summed E-state index contributed by atoms with van der Waals surface area (Å²) in [6, 6.07) is 14.4. The average Bonchev–Trinajstić information content (AvgIpc) is 3.83. The van der Waals surface area contributed by atoms with E-state index in [9.17, 15) is 14.0 Å². The summed E-state index contributed by atoms with van der Waals surface area (Å²) in [5, 5.41) is 4.64. The smallest absolute Gasteiger partial charge is 0.356 e. The van der Waals surface area contributed by atoms with Gasteiger partial charge in [0, 0.05) is 50.1 Å². The first kappa shape index (κ1) is 28.2. The average molecular weight is 598 g/mol. The van der Waals surface area contributed by atoms with Crippen LogP contribution in [0.15, 0.2) is 54.7 Å². The summed E-state index contributed by atoms with van der Waals surface area (Å²) in [5.41, 5.74) is 3.72. The molecule has 3 aromatic heterocycles. The molecule has 0 N–H and O–H groups in total. The number of methoxy groups -OCH3 is 1. The fraction of sp³-hybridized carbons (Fsp3) is 0.424. The fourth-order valence-corrected chi connectivity index (χ4v) is 7.21. The highest BCUT2D eigenvalue weighted by Crippen LogP contribution is 2.41. The summed E-state index contributed by atoms with van der Waals surface area (Å²) in [6.45, 7) is 8.63. The summed E-state index contributed by atoms with van der Waals surface area (Å²) >= 11 is 0. The topological polar surface area (TPSA) is 96.2 Å². The number of aryl methyl sites for hydroxylation is 1. The number of benzene rings is 1. The number of ether oxygens (including phenoxy) is 1. The van der Waals surface area contributed by atoms with Gasteiger partial charge >= 0.3 is 5.97 Å². The molecule has 1 amide bonds. The van der Waals surface area contributed by atoms with Crippen LogP contribution in [0, 0.1) is 18.2 Å². The molecule has 3 aliphatic rings. The molecule has 0 radical (unpaired) electrons.